The summed E-state index contributed by atoms with van der Waals surface area (Å²) in [5.41, 5.74) is 0. The first-order chi connectivity index (χ1) is 5.47. The molecule has 0 aromatic carbocycles. The molecule has 1 heterocycles. The fourth-order valence-corrected chi connectivity index (χ4v) is 3.19. The van der Waals surface area contributed by atoms with Crippen molar-refractivity contribution in [1.82, 2.24) is 10.2 Å². The summed E-state index contributed by atoms with van der Waals surface area (Å²) in [5, 5.41) is 5.63. The van der Waals surface area contributed by atoms with Crippen molar-refractivity contribution in [3.05, 3.63) is 3.95 Å². The molecule has 1 aromatic heterocycles. The summed E-state index contributed by atoms with van der Waals surface area (Å²) in [7, 11) is -4.18. The zero-order chi connectivity index (χ0) is 9.19. The molecule has 0 amide bonds. The van der Waals surface area contributed by atoms with Crippen LogP contribution < -0.4 is 29.6 Å². The fourth-order valence-electron chi connectivity index (χ4n) is 0.401. The van der Waals surface area contributed by atoms with Crippen molar-refractivity contribution in [2.45, 2.75) is 4.34 Å². The van der Waals surface area contributed by atoms with Gasteiger partial charge in [0.2, 0.25) is 0 Å². The smallest absolute Gasteiger partial charge is 0.747 e. The van der Waals surface area contributed by atoms with Crippen LogP contribution in [0.1, 0.15) is 0 Å². The minimum atomic E-state index is -4.18. The molecule has 0 atom stereocenters. The number of nitrogens with one attached hydrogen (secondary N) is 1. The summed E-state index contributed by atoms with van der Waals surface area (Å²) in [4.78, 5) is 0. The zero-order valence-corrected chi connectivity index (χ0v) is 11.8. The molecule has 1 aromatic rings. The van der Waals surface area contributed by atoms with E-state index in [1.54, 1.807) is 0 Å². The summed E-state index contributed by atoms with van der Waals surface area (Å²) < 4.78 is 31.4. The Balaban J connectivity index is 0.00000144. The van der Waals surface area contributed by atoms with Crippen LogP contribution in [0.15, 0.2) is 4.34 Å². The van der Waals surface area contributed by atoms with Gasteiger partial charge in [0.1, 0.15) is 10.1 Å². The molecule has 13 heavy (non-hydrogen) atoms. The first kappa shape index (κ1) is 14.0. The van der Waals surface area contributed by atoms with Gasteiger partial charge in [-0.15, -0.1) is 0 Å². The van der Waals surface area contributed by atoms with Gasteiger partial charge in [0.25, 0.3) is 0 Å². The van der Waals surface area contributed by atoms with E-state index in [4.69, 9.17) is 12.2 Å². The largest absolute Gasteiger partial charge is 1.00 e. The average molecular weight is 266 g/mol. The molecule has 68 valence electrons. The molecular formula is C3H3N2NaO3S4. The van der Waals surface area contributed by atoms with Crippen LogP contribution in [0.25, 0.3) is 0 Å². The Morgan fingerprint density at radius 1 is 1.69 bits per heavy atom. The normalized spacial score (nSPS) is 10.8. The summed E-state index contributed by atoms with van der Waals surface area (Å²) in [6.45, 7) is 0. The fraction of sp³-hybridized carbons (Fsp3) is 0.333. The molecule has 1 N–H and O–H groups in total. The number of aromatic nitrogens is 2. The molecule has 0 unspecified atom stereocenters. The first-order valence-electron chi connectivity index (χ1n) is 2.59. The van der Waals surface area contributed by atoms with Gasteiger partial charge < -0.3 is 4.55 Å². The summed E-state index contributed by atoms with van der Waals surface area (Å²) in [6, 6.07) is 0. The number of aromatic amines is 1. The number of hydrogen-bond donors (Lipinski definition) is 1. The first-order valence-corrected chi connectivity index (χ1v) is 6.38. The maximum Gasteiger partial charge on any atom is 1.00 e. The molecule has 5 nitrogen and oxygen atoms in total. The Morgan fingerprint density at radius 2 is 2.31 bits per heavy atom. The molecule has 0 saturated carbocycles. The second-order valence-corrected chi connectivity index (χ2v) is 6.36. The monoisotopic (exact) mass is 266 g/mol. The Kier molecular flexibility index (Phi) is 6.27. The van der Waals surface area contributed by atoms with Crippen molar-refractivity contribution in [2.24, 2.45) is 0 Å². The third kappa shape index (κ3) is 6.18. The van der Waals surface area contributed by atoms with Crippen molar-refractivity contribution in [3.63, 3.8) is 0 Å². The van der Waals surface area contributed by atoms with Crippen LogP contribution in [0.4, 0.5) is 0 Å². The molecule has 0 radical (unpaired) electrons. The van der Waals surface area contributed by atoms with Gasteiger partial charge in [-0.1, -0.05) is 23.1 Å². The Labute approximate surface area is 110 Å². The number of thioether (sulfide) groups is 1. The molecular weight excluding hydrogens is 263 g/mol. The van der Waals surface area contributed by atoms with Gasteiger partial charge in [-0.25, -0.2) is 8.42 Å². The van der Waals surface area contributed by atoms with Crippen molar-refractivity contribution in [3.8, 4) is 0 Å². The summed E-state index contributed by atoms with van der Waals surface area (Å²) >= 11 is 6.69. The van der Waals surface area contributed by atoms with Gasteiger partial charge in [-0.3, -0.25) is 5.10 Å². The maximum atomic E-state index is 10.2. The van der Waals surface area contributed by atoms with Gasteiger partial charge in [0.15, 0.2) is 8.29 Å². The molecule has 0 aliphatic rings. The van der Waals surface area contributed by atoms with Crippen molar-refractivity contribution in [2.75, 3.05) is 5.08 Å². The van der Waals surface area contributed by atoms with Gasteiger partial charge in [0, 0.05) is 0 Å². The minimum absolute atomic E-state index is 0. The van der Waals surface area contributed by atoms with Crippen LogP contribution in [-0.2, 0) is 10.1 Å². The van der Waals surface area contributed by atoms with E-state index in [1.165, 1.54) is 0 Å². The predicted molar refractivity (Wildman–Crippen MR) is 47.7 cm³/mol. The molecule has 0 aliphatic carbocycles. The number of hydrogen-bond acceptors (Lipinski definition) is 7. The molecule has 1 rings (SSSR count). The second kappa shape index (κ2) is 5.81. The number of H-pyrrole nitrogens is 1. The van der Waals surface area contributed by atoms with Crippen LogP contribution in [-0.4, -0.2) is 28.3 Å². The zero-order valence-electron chi connectivity index (χ0n) is 6.51. The summed E-state index contributed by atoms with van der Waals surface area (Å²) in [5.74, 6) is 0. The quantitative estimate of drug-likeness (QED) is 0.289. The Hall–Kier alpha value is 1.04. The molecule has 10 heteroatoms. The standard InChI is InChI=1S/C3H4N2O3S4.Na/c6-12(7,8)1-10-3-5-4-2(9)11-3;/h1H2,(H,4,9)(H,6,7,8);/q;+1/p-1. The van der Waals surface area contributed by atoms with E-state index >= 15 is 0 Å². The topological polar surface area (TPSA) is 85.9 Å². The third-order valence-electron chi connectivity index (χ3n) is 0.745. The average Bonchev–Trinajstić information content (AvgIpc) is 2.30. The van der Waals surface area contributed by atoms with E-state index in [2.05, 4.69) is 10.2 Å². The Bertz CT molecular complexity index is 408. The summed E-state index contributed by atoms with van der Waals surface area (Å²) in [6.07, 6.45) is 0. The van der Waals surface area contributed by atoms with E-state index in [-0.39, 0.29) is 29.6 Å². The van der Waals surface area contributed by atoms with Crippen LogP contribution in [0, 0.1) is 3.95 Å². The molecule has 0 fully saturated rings. The van der Waals surface area contributed by atoms with Crippen LogP contribution in [0.5, 0.6) is 0 Å². The van der Waals surface area contributed by atoms with Crippen LogP contribution >= 0.6 is 35.3 Å². The third-order valence-corrected chi connectivity index (χ3v) is 4.20. The molecule has 0 saturated heterocycles. The predicted octanol–water partition coefficient (Wildman–Crippen LogP) is -2.20. The molecule has 0 bridgehead atoms. The van der Waals surface area contributed by atoms with Crippen molar-refractivity contribution < 1.29 is 42.5 Å². The van der Waals surface area contributed by atoms with Gasteiger partial charge in [0.05, 0.1) is 5.08 Å². The molecule has 0 aliphatic heterocycles. The minimum Gasteiger partial charge on any atom is -0.747 e. The number of rotatable bonds is 3. The van der Waals surface area contributed by atoms with E-state index in [1.807, 2.05) is 0 Å². The van der Waals surface area contributed by atoms with E-state index < -0.39 is 15.2 Å². The van der Waals surface area contributed by atoms with Crippen molar-refractivity contribution in [1.29, 1.82) is 0 Å². The van der Waals surface area contributed by atoms with Gasteiger partial charge in [-0.05, 0) is 12.2 Å². The van der Waals surface area contributed by atoms with Gasteiger partial charge in [-0.2, -0.15) is 5.10 Å². The van der Waals surface area contributed by atoms with Crippen molar-refractivity contribution >= 4 is 45.4 Å². The van der Waals surface area contributed by atoms with Gasteiger partial charge >= 0.3 is 29.6 Å². The SMILES string of the molecule is O=S(=O)([O-])CSc1n[nH]c(=S)s1.[Na+]. The van der Waals surface area contributed by atoms with Crippen LogP contribution in [0.2, 0.25) is 0 Å². The number of nitrogens with zero attached hydrogens (tertiary/aromatic N) is 1. The van der Waals surface area contributed by atoms with E-state index in [9.17, 15) is 13.0 Å². The van der Waals surface area contributed by atoms with Crippen LogP contribution in [0.3, 0.4) is 0 Å². The maximum absolute atomic E-state index is 10.2. The molecule has 0 spiro atoms. The Morgan fingerprint density at radius 3 is 2.69 bits per heavy atom. The van der Waals surface area contributed by atoms with E-state index in [0.717, 1.165) is 23.1 Å². The second-order valence-electron chi connectivity index (χ2n) is 1.70. The van der Waals surface area contributed by atoms with E-state index in [0.29, 0.717) is 8.29 Å².